The van der Waals surface area contributed by atoms with Gasteiger partial charge < -0.3 is 15.0 Å². The summed E-state index contributed by atoms with van der Waals surface area (Å²) in [5.41, 5.74) is 7.58. The largest absolute Gasteiger partial charge is 0.376 e. The molecule has 106 valence electrons. The van der Waals surface area contributed by atoms with Gasteiger partial charge in [0.05, 0.1) is 18.8 Å². The van der Waals surface area contributed by atoms with Crippen LogP contribution < -0.4 is 5.73 Å². The van der Waals surface area contributed by atoms with Crippen molar-refractivity contribution in [3.05, 3.63) is 29.7 Å². The second-order valence-corrected chi connectivity index (χ2v) is 5.11. The Balaban J connectivity index is 1.66. The van der Waals surface area contributed by atoms with E-state index in [-0.39, 0.29) is 6.04 Å². The van der Waals surface area contributed by atoms with Gasteiger partial charge in [-0.3, -0.25) is 0 Å². The number of pyridine rings is 1. The Bertz CT molecular complexity index is 580. The number of hydrogen-bond acceptors (Lipinski definition) is 6. The molecule has 0 aliphatic heterocycles. The molecule has 0 bridgehead atoms. The minimum Gasteiger partial charge on any atom is -0.376 e. The SMILES string of the molecule is Cc1cccc(-c2nc(C(N)COC3CCC3)no2)n1. The molecular weight excluding hydrogens is 256 g/mol. The van der Waals surface area contributed by atoms with Crippen LogP contribution in [0.1, 0.15) is 36.8 Å². The van der Waals surface area contributed by atoms with Crippen molar-refractivity contribution in [2.75, 3.05) is 6.61 Å². The third kappa shape index (κ3) is 2.86. The molecule has 1 saturated carbocycles. The van der Waals surface area contributed by atoms with Crippen molar-refractivity contribution in [3.63, 3.8) is 0 Å². The van der Waals surface area contributed by atoms with Crippen molar-refractivity contribution >= 4 is 0 Å². The van der Waals surface area contributed by atoms with Crippen LogP contribution >= 0.6 is 0 Å². The summed E-state index contributed by atoms with van der Waals surface area (Å²) in [6.07, 6.45) is 3.84. The number of nitrogens with two attached hydrogens (primary N) is 1. The van der Waals surface area contributed by atoms with Crippen molar-refractivity contribution < 1.29 is 9.26 Å². The molecule has 2 N–H and O–H groups in total. The molecule has 0 amide bonds. The number of nitrogens with zero attached hydrogens (tertiary/aromatic N) is 3. The van der Waals surface area contributed by atoms with Crippen LogP contribution in [0.4, 0.5) is 0 Å². The Hall–Kier alpha value is -1.79. The molecule has 1 unspecified atom stereocenters. The molecule has 0 radical (unpaired) electrons. The monoisotopic (exact) mass is 274 g/mol. The van der Waals surface area contributed by atoms with E-state index in [2.05, 4.69) is 15.1 Å². The summed E-state index contributed by atoms with van der Waals surface area (Å²) < 4.78 is 10.9. The van der Waals surface area contributed by atoms with E-state index in [1.54, 1.807) is 0 Å². The first-order valence-corrected chi connectivity index (χ1v) is 6.87. The van der Waals surface area contributed by atoms with E-state index in [1.807, 2.05) is 25.1 Å². The van der Waals surface area contributed by atoms with Gasteiger partial charge in [0.25, 0.3) is 5.89 Å². The van der Waals surface area contributed by atoms with E-state index in [0.717, 1.165) is 18.5 Å². The first-order chi connectivity index (χ1) is 9.72. The summed E-state index contributed by atoms with van der Waals surface area (Å²) in [6.45, 7) is 2.34. The van der Waals surface area contributed by atoms with Crippen LogP contribution in [-0.2, 0) is 4.74 Å². The smallest absolute Gasteiger partial charge is 0.276 e. The van der Waals surface area contributed by atoms with Crippen molar-refractivity contribution in [2.24, 2.45) is 5.73 Å². The van der Waals surface area contributed by atoms with Gasteiger partial charge in [-0.1, -0.05) is 11.2 Å². The summed E-state index contributed by atoms with van der Waals surface area (Å²) in [4.78, 5) is 8.64. The fourth-order valence-corrected chi connectivity index (χ4v) is 2.00. The van der Waals surface area contributed by atoms with Crippen LogP contribution in [0.2, 0.25) is 0 Å². The van der Waals surface area contributed by atoms with Crippen LogP contribution in [0.3, 0.4) is 0 Å². The number of hydrogen-bond donors (Lipinski definition) is 1. The van der Waals surface area contributed by atoms with E-state index in [4.69, 9.17) is 15.0 Å². The molecule has 1 aliphatic rings. The van der Waals surface area contributed by atoms with E-state index in [0.29, 0.717) is 30.1 Å². The lowest BCUT2D eigenvalue weighted by atomic mass is 9.96. The average molecular weight is 274 g/mol. The molecule has 2 heterocycles. The quantitative estimate of drug-likeness (QED) is 0.897. The molecule has 0 saturated heterocycles. The highest BCUT2D eigenvalue weighted by atomic mass is 16.5. The van der Waals surface area contributed by atoms with Crippen molar-refractivity contribution in [2.45, 2.75) is 38.3 Å². The van der Waals surface area contributed by atoms with Crippen molar-refractivity contribution in [1.82, 2.24) is 15.1 Å². The highest BCUT2D eigenvalue weighted by Crippen LogP contribution is 2.23. The minimum atomic E-state index is -0.363. The Morgan fingerprint density at radius 1 is 1.40 bits per heavy atom. The second-order valence-electron chi connectivity index (χ2n) is 5.11. The zero-order valence-corrected chi connectivity index (χ0v) is 11.5. The van der Waals surface area contributed by atoms with Gasteiger partial charge in [-0.15, -0.1) is 0 Å². The van der Waals surface area contributed by atoms with Crippen LogP contribution in [0.25, 0.3) is 11.6 Å². The van der Waals surface area contributed by atoms with E-state index in [1.165, 1.54) is 6.42 Å². The zero-order valence-electron chi connectivity index (χ0n) is 11.5. The Morgan fingerprint density at radius 3 is 2.95 bits per heavy atom. The van der Waals surface area contributed by atoms with Gasteiger partial charge in [-0.05, 0) is 38.3 Å². The second kappa shape index (κ2) is 5.68. The lowest BCUT2D eigenvalue weighted by molar-refractivity contribution is -0.00549. The number of aromatic nitrogens is 3. The Kier molecular flexibility index (Phi) is 3.75. The molecular formula is C14H18N4O2. The van der Waals surface area contributed by atoms with Crippen LogP contribution in [0, 0.1) is 6.92 Å². The summed E-state index contributed by atoms with van der Waals surface area (Å²) in [6, 6.07) is 5.29. The zero-order chi connectivity index (χ0) is 13.9. The molecule has 6 nitrogen and oxygen atoms in total. The lowest BCUT2D eigenvalue weighted by Crippen LogP contribution is -2.27. The highest BCUT2D eigenvalue weighted by Gasteiger charge is 2.21. The van der Waals surface area contributed by atoms with E-state index in [9.17, 15) is 0 Å². The third-order valence-corrected chi connectivity index (χ3v) is 3.44. The van der Waals surface area contributed by atoms with Gasteiger partial charge in [-0.25, -0.2) is 4.98 Å². The predicted molar refractivity (Wildman–Crippen MR) is 72.8 cm³/mol. The molecule has 2 aromatic rings. The van der Waals surface area contributed by atoms with E-state index >= 15 is 0 Å². The Morgan fingerprint density at radius 2 is 2.25 bits per heavy atom. The molecule has 0 aromatic carbocycles. The normalized spacial score (nSPS) is 16.9. The number of ether oxygens (including phenoxy) is 1. The highest BCUT2D eigenvalue weighted by molar-refractivity contribution is 5.46. The molecule has 1 aliphatic carbocycles. The topological polar surface area (TPSA) is 87.1 Å². The molecule has 20 heavy (non-hydrogen) atoms. The maximum absolute atomic E-state index is 6.01. The molecule has 2 aromatic heterocycles. The van der Waals surface area contributed by atoms with Crippen molar-refractivity contribution in [1.29, 1.82) is 0 Å². The molecule has 1 atom stereocenters. The number of rotatable bonds is 5. The lowest BCUT2D eigenvalue weighted by Gasteiger charge is -2.26. The summed E-state index contributed by atoms with van der Waals surface area (Å²) >= 11 is 0. The molecule has 0 spiro atoms. The van der Waals surface area contributed by atoms with Crippen molar-refractivity contribution in [3.8, 4) is 11.6 Å². The maximum Gasteiger partial charge on any atom is 0.276 e. The standard InChI is InChI=1S/C14H18N4O2/c1-9-4-2-7-12(16-9)14-17-13(18-20-14)11(15)8-19-10-5-3-6-10/h2,4,7,10-11H,3,5-6,8,15H2,1H3. The maximum atomic E-state index is 6.01. The van der Waals surface area contributed by atoms with Gasteiger partial charge in [0.15, 0.2) is 5.82 Å². The summed E-state index contributed by atoms with van der Waals surface area (Å²) in [5, 5.41) is 3.91. The van der Waals surface area contributed by atoms with Gasteiger partial charge in [0, 0.05) is 5.69 Å². The summed E-state index contributed by atoms with van der Waals surface area (Å²) in [7, 11) is 0. The predicted octanol–water partition coefficient (Wildman–Crippen LogP) is 2.01. The first kappa shape index (κ1) is 13.2. The third-order valence-electron chi connectivity index (χ3n) is 3.44. The molecule has 1 fully saturated rings. The fourth-order valence-electron chi connectivity index (χ4n) is 2.00. The van der Waals surface area contributed by atoms with Gasteiger partial charge in [-0.2, -0.15) is 4.98 Å². The fraction of sp³-hybridized carbons (Fsp3) is 0.500. The first-order valence-electron chi connectivity index (χ1n) is 6.87. The van der Waals surface area contributed by atoms with E-state index < -0.39 is 0 Å². The summed E-state index contributed by atoms with van der Waals surface area (Å²) in [5.74, 6) is 0.852. The van der Waals surface area contributed by atoms with Crippen LogP contribution in [0.5, 0.6) is 0 Å². The molecule has 3 rings (SSSR count). The number of aryl methyl sites for hydroxylation is 1. The van der Waals surface area contributed by atoms with Crippen LogP contribution in [0.15, 0.2) is 22.7 Å². The molecule has 6 heteroatoms. The van der Waals surface area contributed by atoms with Gasteiger partial charge in [0.2, 0.25) is 0 Å². The minimum absolute atomic E-state index is 0.353. The van der Waals surface area contributed by atoms with Gasteiger partial charge >= 0.3 is 0 Å². The van der Waals surface area contributed by atoms with Crippen LogP contribution in [-0.4, -0.2) is 27.8 Å². The average Bonchev–Trinajstić information content (AvgIpc) is 2.86. The Labute approximate surface area is 117 Å². The van der Waals surface area contributed by atoms with Gasteiger partial charge in [0.1, 0.15) is 5.69 Å².